The summed E-state index contributed by atoms with van der Waals surface area (Å²) in [6.45, 7) is 0. The van der Waals surface area contributed by atoms with Gasteiger partial charge in [0.15, 0.2) is 10.7 Å². The molecule has 0 aromatic heterocycles. The van der Waals surface area contributed by atoms with E-state index in [1.54, 1.807) is 12.1 Å². The second-order valence-electron chi connectivity index (χ2n) is 3.10. The van der Waals surface area contributed by atoms with E-state index in [0.717, 1.165) is 0 Å². The van der Waals surface area contributed by atoms with Crippen LogP contribution in [0.2, 0.25) is 0 Å². The molecule has 80 valence electrons. The number of nitrogens with zero attached hydrogens (tertiary/aromatic N) is 2. The van der Waals surface area contributed by atoms with E-state index in [4.69, 9.17) is 10.4 Å². The lowest BCUT2D eigenvalue weighted by molar-refractivity contribution is 0.286. The van der Waals surface area contributed by atoms with Crippen molar-refractivity contribution >= 4 is 10.8 Å². The van der Waals surface area contributed by atoms with Crippen LogP contribution in [0.15, 0.2) is 44.2 Å². The Bertz CT molecular complexity index is 703. The lowest BCUT2D eigenvalue weighted by atomic mass is 10.1. The van der Waals surface area contributed by atoms with E-state index in [-0.39, 0.29) is 10.8 Å². The van der Waals surface area contributed by atoms with E-state index >= 15 is 0 Å². The summed E-state index contributed by atoms with van der Waals surface area (Å²) in [5, 5.41) is 21.8. The third-order valence-corrected chi connectivity index (χ3v) is 2.27. The Balaban J connectivity index is 3.35. The molecule has 0 amide bonds. The van der Waals surface area contributed by atoms with Crippen LogP contribution < -0.4 is 21.6 Å². The van der Waals surface area contributed by atoms with Crippen molar-refractivity contribution in [3.8, 4) is 0 Å². The van der Waals surface area contributed by atoms with Crippen LogP contribution in [-0.2, 0) is 0 Å². The van der Waals surface area contributed by atoms with Crippen molar-refractivity contribution < 1.29 is 10.4 Å². The molecule has 0 aliphatic rings. The summed E-state index contributed by atoms with van der Waals surface area (Å²) in [4.78, 5) is 23.5. The third-order valence-electron chi connectivity index (χ3n) is 2.27. The van der Waals surface area contributed by atoms with Gasteiger partial charge in [-0.2, -0.15) is 0 Å². The second kappa shape index (κ2) is 3.58. The van der Waals surface area contributed by atoms with Crippen LogP contribution in [0.5, 0.6) is 0 Å². The molecule has 0 bridgehead atoms. The van der Waals surface area contributed by atoms with Crippen LogP contribution in [-0.4, -0.2) is 10.4 Å². The maximum atomic E-state index is 11.7. The molecule has 0 atom stereocenters. The fraction of sp³-hybridized carbons (Fsp3) is 0. The summed E-state index contributed by atoms with van der Waals surface area (Å²) in [5.41, 5.74) is -1.30. The zero-order valence-corrected chi connectivity index (χ0v) is 7.91. The van der Waals surface area contributed by atoms with E-state index in [0.29, 0.717) is 0 Å². The Labute approximate surface area is 87.7 Å². The van der Waals surface area contributed by atoms with Gasteiger partial charge in [-0.05, 0) is 0 Å². The second-order valence-corrected chi connectivity index (χ2v) is 3.10. The number of benzene rings is 2. The van der Waals surface area contributed by atoms with Crippen molar-refractivity contribution in [3.63, 3.8) is 0 Å². The Morgan fingerprint density at radius 3 is 1.50 bits per heavy atom. The number of rotatable bonds is 0. The van der Waals surface area contributed by atoms with Crippen LogP contribution in [0, 0.1) is 0 Å². The molecule has 0 aliphatic carbocycles. The standard InChI is InChI=1S/C10H6N2O4/c13-9-5-3-1-2-4-6(5)10(14)8(12-16)7(9)11-15/h1-4,15-16H/b11-7-,12-8-. The van der Waals surface area contributed by atoms with Gasteiger partial charge in [-0.15, -0.1) is 0 Å². The van der Waals surface area contributed by atoms with Crippen LogP contribution in [0.25, 0.3) is 10.8 Å². The van der Waals surface area contributed by atoms with Crippen LogP contribution in [0.1, 0.15) is 0 Å². The maximum Gasteiger partial charge on any atom is 0.218 e. The molecular weight excluding hydrogens is 212 g/mol. The van der Waals surface area contributed by atoms with Crippen molar-refractivity contribution in [1.29, 1.82) is 0 Å². The van der Waals surface area contributed by atoms with Gasteiger partial charge in [0.25, 0.3) is 0 Å². The van der Waals surface area contributed by atoms with Gasteiger partial charge in [-0.25, -0.2) is 0 Å². The van der Waals surface area contributed by atoms with Crippen molar-refractivity contribution in [1.82, 2.24) is 0 Å². The summed E-state index contributed by atoms with van der Waals surface area (Å²) in [5.74, 6) is 0. The largest absolute Gasteiger partial charge is 0.410 e. The Kier molecular flexibility index (Phi) is 2.24. The minimum absolute atomic E-state index is 0.132. The average molecular weight is 218 g/mol. The zero-order valence-electron chi connectivity index (χ0n) is 7.91. The monoisotopic (exact) mass is 218 g/mol. The fourth-order valence-corrected chi connectivity index (χ4v) is 1.53. The molecule has 2 aromatic rings. The molecule has 2 aromatic carbocycles. The molecule has 0 spiro atoms. The number of hydrogen-bond acceptors (Lipinski definition) is 6. The van der Waals surface area contributed by atoms with Crippen molar-refractivity contribution in [2.75, 3.05) is 0 Å². The highest BCUT2D eigenvalue weighted by atomic mass is 16.4. The highest BCUT2D eigenvalue weighted by molar-refractivity contribution is 5.81. The minimum atomic E-state index is -0.648. The molecule has 0 unspecified atom stereocenters. The van der Waals surface area contributed by atoms with Crippen LogP contribution in [0.4, 0.5) is 0 Å². The molecule has 0 aliphatic heterocycles. The van der Waals surface area contributed by atoms with Crippen molar-refractivity contribution in [2.24, 2.45) is 10.3 Å². The first-order chi connectivity index (χ1) is 7.70. The third kappa shape index (κ3) is 1.20. The molecule has 0 radical (unpaired) electrons. The molecule has 0 saturated heterocycles. The molecule has 0 saturated carbocycles. The summed E-state index contributed by atoms with van der Waals surface area (Å²) in [6, 6.07) is 6.05. The summed E-state index contributed by atoms with van der Waals surface area (Å²) < 4.78 is 0. The lowest BCUT2D eigenvalue weighted by Gasteiger charge is -1.93. The summed E-state index contributed by atoms with van der Waals surface area (Å²) in [6.07, 6.45) is 0. The molecule has 16 heavy (non-hydrogen) atoms. The molecule has 6 nitrogen and oxygen atoms in total. The molecule has 6 heteroatoms. The van der Waals surface area contributed by atoms with Gasteiger partial charge in [0, 0.05) is 10.8 Å². The van der Waals surface area contributed by atoms with E-state index < -0.39 is 21.6 Å². The molecule has 2 N–H and O–H groups in total. The topological polar surface area (TPSA) is 99.3 Å². The molecular formula is C10H6N2O4. The summed E-state index contributed by atoms with van der Waals surface area (Å²) in [7, 11) is 0. The van der Waals surface area contributed by atoms with Crippen LogP contribution >= 0.6 is 0 Å². The minimum Gasteiger partial charge on any atom is -0.410 e. The van der Waals surface area contributed by atoms with Gasteiger partial charge in [-0.1, -0.05) is 34.6 Å². The van der Waals surface area contributed by atoms with E-state index in [9.17, 15) is 9.59 Å². The first kappa shape index (κ1) is 10.0. The van der Waals surface area contributed by atoms with Crippen molar-refractivity contribution in [3.05, 3.63) is 55.4 Å². The quantitative estimate of drug-likeness (QED) is 0.438. The number of fused-ring (bicyclic) bond motifs is 1. The normalized spacial score (nSPS) is 13.5. The SMILES string of the molecule is O=c1c(=N\O)/c(=N/O)c(=O)c2ccccc12. The summed E-state index contributed by atoms with van der Waals surface area (Å²) >= 11 is 0. The van der Waals surface area contributed by atoms with Gasteiger partial charge in [-0.3, -0.25) is 9.59 Å². The van der Waals surface area contributed by atoms with E-state index in [1.165, 1.54) is 12.1 Å². The molecule has 0 heterocycles. The fourth-order valence-electron chi connectivity index (χ4n) is 1.53. The van der Waals surface area contributed by atoms with Gasteiger partial charge in [0.05, 0.1) is 0 Å². The van der Waals surface area contributed by atoms with Crippen molar-refractivity contribution in [2.45, 2.75) is 0 Å². The first-order valence-electron chi connectivity index (χ1n) is 4.33. The maximum absolute atomic E-state index is 11.7. The molecule has 0 fully saturated rings. The predicted octanol–water partition coefficient (Wildman–Crippen LogP) is -0.984. The molecule has 2 rings (SSSR count). The Morgan fingerprint density at radius 2 is 1.19 bits per heavy atom. The number of hydrogen-bond donors (Lipinski definition) is 2. The van der Waals surface area contributed by atoms with E-state index in [1.807, 2.05) is 0 Å². The smallest absolute Gasteiger partial charge is 0.218 e. The highest BCUT2D eigenvalue weighted by Crippen LogP contribution is 2.00. The predicted molar refractivity (Wildman–Crippen MR) is 53.6 cm³/mol. The van der Waals surface area contributed by atoms with Gasteiger partial charge in [0.2, 0.25) is 10.9 Å². The van der Waals surface area contributed by atoms with Crippen LogP contribution in [0.3, 0.4) is 0 Å². The highest BCUT2D eigenvalue weighted by Gasteiger charge is 2.09. The van der Waals surface area contributed by atoms with E-state index in [2.05, 4.69) is 10.3 Å². The van der Waals surface area contributed by atoms with Gasteiger partial charge >= 0.3 is 0 Å². The Morgan fingerprint density at radius 1 is 0.812 bits per heavy atom. The zero-order chi connectivity index (χ0) is 11.7. The first-order valence-corrected chi connectivity index (χ1v) is 4.33. The van der Waals surface area contributed by atoms with Gasteiger partial charge < -0.3 is 10.4 Å². The van der Waals surface area contributed by atoms with Gasteiger partial charge in [0.1, 0.15) is 0 Å². The average Bonchev–Trinajstić information content (AvgIpc) is 2.33. The Hall–Kier alpha value is -2.50. The lowest BCUT2D eigenvalue weighted by Crippen LogP contribution is -2.48.